The summed E-state index contributed by atoms with van der Waals surface area (Å²) in [7, 11) is 0. The predicted molar refractivity (Wildman–Crippen MR) is 113 cm³/mol. The van der Waals surface area contributed by atoms with E-state index in [1.54, 1.807) is 0 Å². The number of nitrogens with one attached hydrogen (secondary N) is 2. The fourth-order valence-electron chi connectivity index (χ4n) is 3.65. The highest BCUT2D eigenvalue weighted by Crippen LogP contribution is 2.27. The van der Waals surface area contributed by atoms with Crippen molar-refractivity contribution < 1.29 is 9.59 Å². The number of para-hydroxylation sites is 2. The van der Waals surface area contributed by atoms with Gasteiger partial charge in [-0.2, -0.15) is 0 Å². The third-order valence-corrected chi connectivity index (χ3v) is 5.26. The zero-order valence-electron chi connectivity index (χ0n) is 16.5. The first kappa shape index (κ1) is 19.9. The van der Waals surface area contributed by atoms with E-state index >= 15 is 0 Å². The molecule has 0 aromatic heterocycles. The predicted octanol–water partition coefficient (Wildman–Crippen LogP) is 3.61. The Hall–Kier alpha value is -2.82. The summed E-state index contributed by atoms with van der Waals surface area (Å²) < 4.78 is 0. The fourth-order valence-corrected chi connectivity index (χ4v) is 3.65. The number of carbonyl (C=O) groups is 2. The Morgan fingerprint density at radius 3 is 2.68 bits per heavy atom. The first-order valence-electron chi connectivity index (χ1n) is 10.1. The van der Waals surface area contributed by atoms with Crippen molar-refractivity contribution in [1.29, 1.82) is 0 Å². The maximum atomic E-state index is 12.2. The Kier molecular flexibility index (Phi) is 7.06. The van der Waals surface area contributed by atoms with Crippen molar-refractivity contribution in [1.82, 2.24) is 5.32 Å². The SMILES string of the molecule is CCN(CCCNC(=O)CC[C@@H]1Cc2ccccc2NC1=O)c1ccccc1. The molecule has 0 unspecified atom stereocenters. The molecule has 5 nitrogen and oxygen atoms in total. The highest BCUT2D eigenvalue weighted by atomic mass is 16.2. The molecule has 5 heteroatoms. The van der Waals surface area contributed by atoms with Gasteiger partial charge in [-0.05, 0) is 49.9 Å². The smallest absolute Gasteiger partial charge is 0.227 e. The van der Waals surface area contributed by atoms with Crippen LogP contribution >= 0.6 is 0 Å². The minimum Gasteiger partial charge on any atom is -0.372 e. The quantitative estimate of drug-likeness (QED) is 0.654. The van der Waals surface area contributed by atoms with Crippen LogP contribution in [0.3, 0.4) is 0 Å². The Morgan fingerprint density at radius 2 is 1.89 bits per heavy atom. The molecule has 1 atom stereocenters. The van der Waals surface area contributed by atoms with E-state index in [0.29, 0.717) is 25.8 Å². The largest absolute Gasteiger partial charge is 0.372 e. The maximum Gasteiger partial charge on any atom is 0.227 e. The minimum absolute atomic E-state index is 0.0212. The van der Waals surface area contributed by atoms with Crippen LogP contribution in [0.1, 0.15) is 31.7 Å². The first-order valence-corrected chi connectivity index (χ1v) is 10.1. The molecule has 0 fully saturated rings. The molecule has 3 rings (SSSR count). The van der Waals surface area contributed by atoms with Gasteiger partial charge in [-0.3, -0.25) is 9.59 Å². The summed E-state index contributed by atoms with van der Waals surface area (Å²) >= 11 is 0. The molecule has 0 radical (unpaired) electrons. The number of rotatable bonds is 9. The zero-order valence-corrected chi connectivity index (χ0v) is 16.5. The van der Waals surface area contributed by atoms with Gasteiger partial charge in [0, 0.05) is 43.3 Å². The maximum absolute atomic E-state index is 12.2. The van der Waals surface area contributed by atoms with Crippen molar-refractivity contribution in [2.24, 2.45) is 5.92 Å². The topological polar surface area (TPSA) is 61.4 Å². The third kappa shape index (κ3) is 5.35. The van der Waals surface area contributed by atoms with Gasteiger partial charge in [0.2, 0.25) is 11.8 Å². The number of benzene rings is 2. The van der Waals surface area contributed by atoms with E-state index in [0.717, 1.165) is 30.8 Å². The van der Waals surface area contributed by atoms with E-state index in [1.165, 1.54) is 5.69 Å². The molecule has 2 amide bonds. The molecule has 1 heterocycles. The molecule has 0 saturated heterocycles. The second-order valence-electron chi connectivity index (χ2n) is 7.20. The highest BCUT2D eigenvalue weighted by molar-refractivity contribution is 5.96. The Balaban J connectivity index is 1.36. The molecule has 148 valence electrons. The van der Waals surface area contributed by atoms with E-state index in [4.69, 9.17) is 0 Å². The molecule has 28 heavy (non-hydrogen) atoms. The molecule has 2 aromatic rings. The van der Waals surface area contributed by atoms with Crippen molar-refractivity contribution in [3.05, 3.63) is 60.2 Å². The highest BCUT2D eigenvalue weighted by Gasteiger charge is 2.26. The van der Waals surface area contributed by atoms with Gasteiger partial charge in [-0.25, -0.2) is 0 Å². The van der Waals surface area contributed by atoms with Crippen LogP contribution in [0, 0.1) is 5.92 Å². The van der Waals surface area contributed by atoms with Crippen LogP contribution in [0.25, 0.3) is 0 Å². The van der Waals surface area contributed by atoms with E-state index in [-0.39, 0.29) is 17.7 Å². The van der Waals surface area contributed by atoms with Gasteiger partial charge >= 0.3 is 0 Å². The second-order valence-corrected chi connectivity index (χ2v) is 7.20. The van der Waals surface area contributed by atoms with Crippen LogP contribution in [0.2, 0.25) is 0 Å². The number of hydrogen-bond acceptors (Lipinski definition) is 3. The van der Waals surface area contributed by atoms with E-state index in [9.17, 15) is 9.59 Å². The normalized spacial score (nSPS) is 15.5. The van der Waals surface area contributed by atoms with Gasteiger partial charge in [0.15, 0.2) is 0 Å². The van der Waals surface area contributed by atoms with Gasteiger partial charge in [0.25, 0.3) is 0 Å². The Morgan fingerprint density at radius 1 is 1.14 bits per heavy atom. The summed E-state index contributed by atoms with van der Waals surface area (Å²) in [5.74, 6) is -0.0864. The summed E-state index contributed by atoms with van der Waals surface area (Å²) in [6.07, 6.45) is 2.57. The second kappa shape index (κ2) is 9.93. The van der Waals surface area contributed by atoms with E-state index in [1.807, 2.05) is 42.5 Å². The van der Waals surface area contributed by atoms with Crippen LogP contribution in [0.4, 0.5) is 11.4 Å². The lowest BCUT2D eigenvalue weighted by molar-refractivity contribution is -0.122. The minimum atomic E-state index is -0.130. The lowest BCUT2D eigenvalue weighted by atomic mass is 9.89. The van der Waals surface area contributed by atoms with Gasteiger partial charge in [-0.1, -0.05) is 36.4 Å². The van der Waals surface area contributed by atoms with Crippen molar-refractivity contribution in [2.75, 3.05) is 29.9 Å². The molecule has 0 saturated carbocycles. The van der Waals surface area contributed by atoms with Crippen LogP contribution in [-0.4, -0.2) is 31.4 Å². The number of nitrogens with zero attached hydrogens (tertiary/aromatic N) is 1. The van der Waals surface area contributed by atoms with Crippen molar-refractivity contribution >= 4 is 23.2 Å². The number of anilines is 2. The molecule has 0 spiro atoms. The van der Waals surface area contributed by atoms with Crippen LogP contribution in [-0.2, 0) is 16.0 Å². The molecule has 2 N–H and O–H groups in total. The average molecular weight is 380 g/mol. The molecule has 2 aromatic carbocycles. The Labute approximate surface area is 167 Å². The van der Waals surface area contributed by atoms with E-state index in [2.05, 4.69) is 34.6 Å². The Bertz CT molecular complexity index is 791. The van der Waals surface area contributed by atoms with Gasteiger partial charge in [-0.15, -0.1) is 0 Å². The third-order valence-electron chi connectivity index (χ3n) is 5.26. The van der Waals surface area contributed by atoms with Gasteiger partial charge in [0.05, 0.1) is 0 Å². The summed E-state index contributed by atoms with van der Waals surface area (Å²) in [6.45, 7) is 4.64. The number of carbonyl (C=O) groups excluding carboxylic acids is 2. The monoisotopic (exact) mass is 379 g/mol. The zero-order chi connectivity index (χ0) is 19.8. The van der Waals surface area contributed by atoms with Crippen molar-refractivity contribution in [3.8, 4) is 0 Å². The fraction of sp³-hybridized carbons (Fsp3) is 0.391. The van der Waals surface area contributed by atoms with E-state index < -0.39 is 0 Å². The molecule has 0 aliphatic carbocycles. The molecule has 0 bridgehead atoms. The lowest BCUT2D eigenvalue weighted by Crippen LogP contribution is -2.32. The van der Waals surface area contributed by atoms with Gasteiger partial charge < -0.3 is 15.5 Å². The van der Waals surface area contributed by atoms with Crippen LogP contribution in [0.15, 0.2) is 54.6 Å². The molecule has 1 aliphatic rings. The molecule has 1 aliphatic heterocycles. The van der Waals surface area contributed by atoms with Crippen molar-refractivity contribution in [3.63, 3.8) is 0 Å². The lowest BCUT2D eigenvalue weighted by Gasteiger charge is -2.24. The average Bonchev–Trinajstić information content (AvgIpc) is 2.73. The van der Waals surface area contributed by atoms with Crippen LogP contribution < -0.4 is 15.5 Å². The molecular formula is C23H29N3O2. The molecular weight excluding hydrogens is 350 g/mol. The van der Waals surface area contributed by atoms with Crippen LogP contribution in [0.5, 0.6) is 0 Å². The number of hydrogen-bond donors (Lipinski definition) is 2. The summed E-state index contributed by atoms with van der Waals surface area (Å²) in [5, 5.41) is 5.93. The number of fused-ring (bicyclic) bond motifs is 1. The summed E-state index contributed by atoms with van der Waals surface area (Å²) in [6, 6.07) is 18.2. The van der Waals surface area contributed by atoms with Gasteiger partial charge in [0.1, 0.15) is 0 Å². The first-order chi connectivity index (χ1) is 13.7. The number of amides is 2. The standard InChI is InChI=1S/C23H29N3O2/c1-2-26(20-10-4-3-5-11-20)16-8-15-24-22(27)14-13-19-17-18-9-6-7-12-21(18)25-23(19)28/h3-7,9-12,19H,2,8,13-17H2,1H3,(H,24,27)(H,25,28)/t19-/m1/s1. The van der Waals surface area contributed by atoms with Crippen molar-refractivity contribution in [2.45, 2.75) is 32.6 Å². The summed E-state index contributed by atoms with van der Waals surface area (Å²) in [4.78, 5) is 26.7. The summed E-state index contributed by atoms with van der Waals surface area (Å²) in [5.41, 5.74) is 3.25.